The quantitative estimate of drug-likeness (QED) is 0.813. The largest absolute Gasteiger partial charge is 0.316 e. The van der Waals surface area contributed by atoms with Crippen LogP contribution in [0.4, 0.5) is 0 Å². The highest BCUT2D eigenvalue weighted by Gasteiger charge is 2.43. The molecule has 1 saturated heterocycles. The Morgan fingerprint density at radius 2 is 1.88 bits per heavy atom. The zero-order valence-corrected chi connectivity index (χ0v) is 12.3. The monoisotopic (exact) mass is 238 g/mol. The van der Waals surface area contributed by atoms with Gasteiger partial charge in [-0.1, -0.05) is 13.8 Å². The summed E-state index contributed by atoms with van der Waals surface area (Å²) in [6.45, 7) is 12.3. The lowest BCUT2D eigenvalue weighted by Crippen LogP contribution is -2.47. The summed E-state index contributed by atoms with van der Waals surface area (Å²) in [6, 6.07) is 0.693. The maximum atomic E-state index is 3.58. The SMILES string of the molecule is CNC1C(CN2CCCC2(C)C)CCC1(C)C. The second-order valence-electron chi connectivity index (χ2n) is 7.42. The third-order valence-electron chi connectivity index (χ3n) is 5.31. The highest BCUT2D eigenvalue weighted by Crippen LogP contribution is 2.42. The van der Waals surface area contributed by atoms with Crippen molar-refractivity contribution < 1.29 is 0 Å². The van der Waals surface area contributed by atoms with Gasteiger partial charge in [-0.25, -0.2) is 0 Å². The third-order valence-corrected chi connectivity index (χ3v) is 5.31. The van der Waals surface area contributed by atoms with Crippen molar-refractivity contribution in [1.82, 2.24) is 10.2 Å². The molecule has 0 spiro atoms. The summed E-state index contributed by atoms with van der Waals surface area (Å²) in [5.74, 6) is 0.840. The van der Waals surface area contributed by atoms with Crippen LogP contribution in [0.1, 0.15) is 53.4 Å². The highest BCUT2D eigenvalue weighted by atomic mass is 15.2. The highest BCUT2D eigenvalue weighted by molar-refractivity contribution is 4.99. The van der Waals surface area contributed by atoms with Crippen LogP contribution in [0.2, 0.25) is 0 Å². The van der Waals surface area contributed by atoms with Crippen molar-refractivity contribution in [2.45, 2.75) is 65.0 Å². The molecule has 1 heterocycles. The standard InChI is InChI=1S/C15H30N2/c1-14(2)9-7-12(13(14)16-5)11-17-10-6-8-15(17,3)4/h12-13,16H,6-11H2,1-5H3. The molecule has 0 aromatic carbocycles. The first-order chi connectivity index (χ1) is 7.87. The van der Waals surface area contributed by atoms with Crippen LogP contribution in [0.25, 0.3) is 0 Å². The van der Waals surface area contributed by atoms with Crippen molar-refractivity contribution in [1.29, 1.82) is 0 Å². The molecule has 17 heavy (non-hydrogen) atoms. The van der Waals surface area contributed by atoms with Gasteiger partial charge in [-0.2, -0.15) is 0 Å². The van der Waals surface area contributed by atoms with E-state index >= 15 is 0 Å². The van der Waals surface area contributed by atoms with Crippen molar-refractivity contribution >= 4 is 0 Å². The van der Waals surface area contributed by atoms with Gasteiger partial charge in [-0.3, -0.25) is 4.90 Å². The van der Waals surface area contributed by atoms with Gasteiger partial charge in [0.25, 0.3) is 0 Å². The fraction of sp³-hybridized carbons (Fsp3) is 1.00. The molecule has 1 saturated carbocycles. The predicted octanol–water partition coefficient (Wildman–Crippen LogP) is 2.89. The molecule has 1 N–H and O–H groups in total. The van der Waals surface area contributed by atoms with Crippen LogP contribution in [0, 0.1) is 11.3 Å². The van der Waals surface area contributed by atoms with Gasteiger partial charge in [0.1, 0.15) is 0 Å². The van der Waals surface area contributed by atoms with Crippen LogP contribution in [0.3, 0.4) is 0 Å². The number of hydrogen-bond donors (Lipinski definition) is 1. The Hall–Kier alpha value is -0.0800. The van der Waals surface area contributed by atoms with E-state index in [-0.39, 0.29) is 0 Å². The molecule has 100 valence electrons. The maximum absolute atomic E-state index is 3.58. The van der Waals surface area contributed by atoms with Gasteiger partial charge in [0.05, 0.1) is 0 Å². The Bertz CT molecular complexity index is 270. The van der Waals surface area contributed by atoms with Gasteiger partial charge in [0, 0.05) is 18.1 Å². The Morgan fingerprint density at radius 1 is 1.18 bits per heavy atom. The molecule has 2 nitrogen and oxygen atoms in total. The normalized spacial score (nSPS) is 36.5. The molecular formula is C15H30N2. The Labute approximate surface area is 107 Å². The fourth-order valence-electron chi connectivity index (χ4n) is 4.13. The van der Waals surface area contributed by atoms with Crippen molar-refractivity contribution in [3.63, 3.8) is 0 Å². The lowest BCUT2D eigenvalue weighted by atomic mass is 9.84. The molecule has 0 bridgehead atoms. The molecule has 2 atom stereocenters. The molecule has 0 aromatic heterocycles. The van der Waals surface area contributed by atoms with Crippen molar-refractivity contribution in [3.8, 4) is 0 Å². The first kappa shape index (κ1) is 13.4. The fourth-order valence-corrected chi connectivity index (χ4v) is 4.13. The van der Waals surface area contributed by atoms with Gasteiger partial charge in [0.15, 0.2) is 0 Å². The van der Waals surface area contributed by atoms with Crippen LogP contribution < -0.4 is 5.32 Å². The topological polar surface area (TPSA) is 15.3 Å². The van der Waals surface area contributed by atoms with E-state index in [0.29, 0.717) is 17.0 Å². The Morgan fingerprint density at radius 3 is 2.41 bits per heavy atom. The molecule has 2 fully saturated rings. The van der Waals surface area contributed by atoms with Gasteiger partial charge in [0.2, 0.25) is 0 Å². The number of nitrogens with one attached hydrogen (secondary N) is 1. The lowest BCUT2D eigenvalue weighted by Gasteiger charge is -2.37. The van der Waals surface area contributed by atoms with E-state index in [1.165, 1.54) is 38.8 Å². The Kier molecular flexibility index (Phi) is 3.57. The van der Waals surface area contributed by atoms with Crippen LogP contribution in [-0.2, 0) is 0 Å². The number of hydrogen-bond acceptors (Lipinski definition) is 2. The lowest BCUT2D eigenvalue weighted by molar-refractivity contribution is 0.130. The first-order valence-corrected chi connectivity index (χ1v) is 7.29. The van der Waals surface area contributed by atoms with E-state index in [1.807, 2.05) is 0 Å². The zero-order valence-electron chi connectivity index (χ0n) is 12.3. The van der Waals surface area contributed by atoms with Gasteiger partial charge in [-0.15, -0.1) is 0 Å². The van der Waals surface area contributed by atoms with Crippen molar-refractivity contribution in [3.05, 3.63) is 0 Å². The average molecular weight is 238 g/mol. The van der Waals surface area contributed by atoms with E-state index in [0.717, 1.165) is 5.92 Å². The van der Waals surface area contributed by atoms with E-state index < -0.39 is 0 Å². The molecule has 0 radical (unpaired) electrons. The molecular weight excluding hydrogens is 208 g/mol. The number of likely N-dealkylation sites (tertiary alicyclic amines) is 1. The molecule has 2 rings (SSSR count). The zero-order chi connectivity index (χ0) is 12.7. The molecule has 0 aromatic rings. The minimum absolute atomic E-state index is 0.436. The molecule has 1 aliphatic carbocycles. The summed E-state index contributed by atoms with van der Waals surface area (Å²) in [5.41, 5.74) is 0.911. The van der Waals surface area contributed by atoms with Gasteiger partial charge < -0.3 is 5.32 Å². The second kappa shape index (κ2) is 4.55. The summed E-state index contributed by atoms with van der Waals surface area (Å²) in [7, 11) is 2.14. The molecule has 2 unspecified atom stereocenters. The predicted molar refractivity (Wildman–Crippen MR) is 74.2 cm³/mol. The molecule has 1 aliphatic heterocycles. The number of rotatable bonds is 3. The summed E-state index contributed by atoms with van der Waals surface area (Å²) in [4.78, 5) is 2.73. The van der Waals surface area contributed by atoms with Crippen LogP contribution in [0.15, 0.2) is 0 Å². The van der Waals surface area contributed by atoms with E-state index in [1.54, 1.807) is 0 Å². The average Bonchev–Trinajstić information content (AvgIpc) is 2.68. The van der Waals surface area contributed by atoms with Gasteiger partial charge in [-0.05, 0) is 64.5 Å². The van der Waals surface area contributed by atoms with E-state index in [4.69, 9.17) is 0 Å². The minimum atomic E-state index is 0.436. The van der Waals surface area contributed by atoms with E-state index in [9.17, 15) is 0 Å². The first-order valence-electron chi connectivity index (χ1n) is 7.29. The summed E-state index contributed by atoms with van der Waals surface area (Å²) < 4.78 is 0. The maximum Gasteiger partial charge on any atom is 0.0156 e. The van der Waals surface area contributed by atoms with Gasteiger partial charge >= 0.3 is 0 Å². The smallest absolute Gasteiger partial charge is 0.0156 e. The Balaban J connectivity index is 2.00. The van der Waals surface area contributed by atoms with Crippen LogP contribution in [0.5, 0.6) is 0 Å². The minimum Gasteiger partial charge on any atom is -0.316 e. The second-order valence-corrected chi connectivity index (χ2v) is 7.42. The van der Waals surface area contributed by atoms with Crippen molar-refractivity contribution in [2.24, 2.45) is 11.3 Å². The van der Waals surface area contributed by atoms with Crippen LogP contribution >= 0.6 is 0 Å². The molecule has 2 heteroatoms. The summed E-state index contributed by atoms with van der Waals surface area (Å²) >= 11 is 0. The van der Waals surface area contributed by atoms with Crippen LogP contribution in [-0.4, -0.2) is 36.6 Å². The summed E-state index contributed by atoms with van der Waals surface area (Å²) in [5, 5.41) is 3.58. The van der Waals surface area contributed by atoms with E-state index in [2.05, 4.69) is 45.0 Å². The molecule has 0 amide bonds. The third kappa shape index (κ3) is 2.53. The molecule has 2 aliphatic rings. The summed E-state index contributed by atoms with van der Waals surface area (Å²) in [6.07, 6.45) is 5.52. The van der Waals surface area contributed by atoms with Crippen molar-refractivity contribution in [2.75, 3.05) is 20.1 Å². The number of nitrogens with zero attached hydrogens (tertiary/aromatic N) is 1.